The van der Waals surface area contributed by atoms with Crippen molar-refractivity contribution < 1.29 is 14.0 Å². The van der Waals surface area contributed by atoms with Gasteiger partial charge in [-0.3, -0.25) is 14.5 Å². The number of carbonyl (C=O) groups excluding carboxylic acids is 2. The van der Waals surface area contributed by atoms with Gasteiger partial charge in [0.2, 0.25) is 5.91 Å². The third-order valence-corrected chi connectivity index (χ3v) is 4.42. The number of benzene rings is 1. The van der Waals surface area contributed by atoms with E-state index < -0.39 is 0 Å². The van der Waals surface area contributed by atoms with Crippen molar-refractivity contribution in [2.45, 2.75) is 19.4 Å². The van der Waals surface area contributed by atoms with Crippen molar-refractivity contribution in [1.82, 2.24) is 10.2 Å². The highest BCUT2D eigenvalue weighted by Crippen LogP contribution is 2.21. The maximum Gasteiger partial charge on any atom is 0.234 e. The highest BCUT2D eigenvalue weighted by Gasteiger charge is 2.26. The predicted molar refractivity (Wildman–Crippen MR) is 90.5 cm³/mol. The van der Waals surface area contributed by atoms with Gasteiger partial charge >= 0.3 is 0 Å². The molecule has 1 aliphatic heterocycles. The number of nitrogens with one attached hydrogen (secondary N) is 1. The predicted octanol–water partition coefficient (Wildman–Crippen LogP) is 2.49. The zero-order valence-corrected chi connectivity index (χ0v) is 13.6. The number of furan rings is 1. The molecular weight excluding hydrogens is 304 g/mol. The first-order valence-electron chi connectivity index (χ1n) is 8.33. The Morgan fingerprint density at radius 2 is 1.83 bits per heavy atom. The van der Waals surface area contributed by atoms with E-state index in [1.807, 2.05) is 36.4 Å². The number of amides is 1. The number of hydrogen-bond donors (Lipinski definition) is 1. The van der Waals surface area contributed by atoms with Gasteiger partial charge in [0.15, 0.2) is 5.78 Å². The Hall–Kier alpha value is -2.40. The van der Waals surface area contributed by atoms with Crippen molar-refractivity contribution in [3.8, 4) is 0 Å². The van der Waals surface area contributed by atoms with Crippen LogP contribution < -0.4 is 5.32 Å². The van der Waals surface area contributed by atoms with Gasteiger partial charge < -0.3 is 9.73 Å². The van der Waals surface area contributed by atoms with Crippen LogP contribution in [-0.4, -0.2) is 36.2 Å². The molecule has 0 unspecified atom stereocenters. The summed E-state index contributed by atoms with van der Waals surface area (Å²) in [6, 6.07) is 13.1. The minimum atomic E-state index is -0.0146. The third kappa shape index (κ3) is 4.32. The number of ketones is 1. The second-order valence-corrected chi connectivity index (χ2v) is 6.14. The van der Waals surface area contributed by atoms with Crippen LogP contribution in [0, 0.1) is 5.92 Å². The van der Waals surface area contributed by atoms with E-state index in [0.29, 0.717) is 13.1 Å². The summed E-state index contributed by atoms with van der Waals surface area (Å²) in [5.41, 5.74) is 0.784. The van der Waals surface area contributed by atoms with Gasteiger partial charge in [-0.05, 0) is 38.1 Å². The molecule has 1 aliphatic rings. The van der Waals surface area contributed by atoms with Gasteiger partial charge in [0.25, 0.3) is 0 Å². The minimum Gasteiger partial charge on any atom is -0.467 e. The zero-order valence-electron chi connectivity index (χ0n) is 13.6. The summed E-state index contributed by atoms with van der Waals surface area (Å²) < 4.78 is 5.19. The molecule has 0 bridgehead atoms. The summed E-state index contributed by atoms with van der Waals surface area (Å²) in [5, 5.41) is 2.85. The lowest BCUT2D eigenvalue weighted by molar-refractivity contribution is -0.122. The second-order valence-electron chi connectivity index (χ2n) is 6.14. The van der Waals surface area contributed by atoms with Crippen LogP contribution >= 0.6 is 0 Å². The number of hydrogen-bond acceptors (Lipinski definition) is 4. The Bertz CT molecular complexity index is 659. The van der Waals surface area contributed by atoms with Crippen LogP contribution in [0.2, 0.25) is 0 Å². The van der Waals surface area contributed by atoms with E-state index >= 15 is 0 Å². The van der Waals surface area contributed by atoms with Crippen LogP contribution in [0.3, 0.4) is 0 Å². The first kappa shape index (κ1) is 16.5. The van der Waals surface area contributed by atoms with Crippen LogP contribution in [0.25, 0.3) is 0 Å². The first-order chi connectivity index (χ1) is 11.7. The van der Waals surface area contributed by atoms with Crippen molar-refractivity contribution in [3.05, 3.63) is 60.1 Å². The number of Topliss-reactive ketones (excluding diaryl/α,β-unsaturated/α-hetero) is 1. The molecule has 0 radical (unpaired) electrons. The lowest BCUT2D eigenvalue weighted by atomic mass is 9.89. The first-order valence-corrected chi connectivity index (χ1v) is 8.33. The largest absolute Gasteiger partial charge is 0.467 e. The molecule has 1 fully saturated rings. The van der Waals surface area contributed by atoms with Crippen molar-refractivity contribution in [1.29, 1.82) is 0 Å². The maximum absolute atomic E-state index is 12.5. The van der Waals surface area contributed by atoms with Crippen LogP contribution in [0.15, 0.2) is 53.1 Å². The number of piperidine rings is 1. The van der Waals surface area contributed by atoms with Gasteiger partial charge in [-0.2, -0.15) is 0 Å². The highest BCUT2D eigenvalue weighted by atomic mass is 16.3. The van der Waals surface area contributed by atoms with E-state index in [0.717, 1.165) is 37.3 Å². The summed E-state index contributed by atoms with van der Waals surface area (Å²) in [6.45, 7) is 2.33. The Labute approximate surface area is 141 Å². The fourth-order valence-corrected chi connectivity index (χ4v) is 3.05. The van der Waals surface area contributed by atoms with E-state index in [2.05, 4.69) is 10.2 Å². The minimum absolute atomic E-state index is 0.0146. The molecule has 5 nitrogen and oxygen atoms in total. The van der Waals surface area contributed by atoms with Crippen LogP contribution in [-0.2, 0) is 11.3 Å². The molecular formula is C19H22N2O3. The summed E-state index contributed by atoms with van der Waals surface area (Å²) in [7, 11) is 0. The van der Waals surface area contributed by atoms with Crippen molar-refractivity contribution in [3.63, 3.8) is 0 Å². The topological polar surface area (TPSA) is 62.6 Å². The number of likely N-dealkylation sites (tertiary alicyclic amines) is 1. The molecule has 3 rings (SSSR count). The van der Waals surface area contributed by atoms with E-state index in [9.17, 15) is 9.59 Å². The molecule has 0 atom stereocenters. The average molecular weight is 326 g/mol. The van der Waals surface area contributed by atoms with Gasteiger partial charge in [0.1, 0.15) is 5.76 Å². The van der Waals surface area contributed by atoms with E-state index in [1.54, 1.807) is 12.3 Å². The normalized spacial score (nSPS) is 16.0. The summed E-state index contributed by atoms with van der Waals surface area (Å²) >= 11 is 0. The quantitative estimate of drug-likeness (QED) is 0.829. The van der Waals surface area contributed by atoms with E-state index in [4.69, 9.17) is 4.42 Å². The Kier molecular flexibility index (Phi) is 5.43. The van der Waals surface area contributed by atoms with Gasteiger partial charge in [-0.1, -0.05) is 30.3 Å². The van der Waals surface area contributed by atoms with Crippen LogP contribution in [0.5, 0.6) is 0 Å². The van der Waals surface area contributed by atoms with Gasteiger partial charge in [0.05, 0.1) is 19.4 Å². The molecule has 2 heterocycles. The molecule has 1 amide bonds. The molecule has 2 aromatic rings. The van der Waals surface area contributed by atoms with Crippen LogP contribution in [0.4, 0.5) is 0 Å². The SMILES string of the molecule is O=C(CN1CCC(C(=O)c2ccccc2)CC1)NCc1ccco1. The van der Waals surface area contributed by atoms with Crippen LogP contribution in [0.1, 0.15) is 29.0 Å². The lowest BCUT2D eigenvalue weighted by Crippen LogP contribution is -2.42. The van der Waals surface area contributed by atoms with Gasteiger partial charge in [0, 0.05) is 11.5 Å². The van der Waals surface area contributed by atoms with Crippen molar-refractivity contribution in [2.75, 3.05) is 19.6 Å². The molecule has 1 saturated heterocycles. The molecule has 0 saturated carbocycles. The lowest BCUT2D eigenvalue weighted by Gasteiger charge is -2.30. The smallest absolute Gasteiger partial charge is 0.234 e. The molecule has 1 aromatic carbocycles. The fourth-order valence-electron chi connectivity index (χ4n) is 3.05. The van der Waals surface area contributed by atoms with Crippen molar-refractivity contribution >= 4 is 11.7 Å². The summed E-state index contributed by atoms with van der Waals surface area (Å²) in [5.74, 6) is 1.02. The number of carbonyl (C=O) groups is 2. The summed E-state index contributed by atoms with van der Waals surface area (Å²) in [6.07, 6.45) is 3.20. The van der Waals surface area contributed by atoms with Gasteiger partial charge in [-0.15, -0.1) is 0 Å². The second kappa shape index (κ2) is 7.93. The summed E-state index contributed by atoms with van der Waals surface area (Å²) in [4.78, 5) is 26.5. The molecule has 24 heavy (non-hydrogen) atoms. The van der Waals surface area contributed by atoms with Crippen molar-refractivity contribution in [2.24, 2.45) is 5.92 Å². The average Bonchev–Trinajstić information content (AvgIpc) is 3.14. The number of rotatable bonds is 6. The highest BCUT2D eigenvalue weighted by molar-refractivity contribution is 5.97. The Balaban J connectivity index is 1.42. The Morgan fingerprint density at radius 3 is 2.50 bits per heavy atom. The Morgan fingerprint density at radius 1 is 1.08 bits per heavy atom. The molecule has 0 spiro atoms. The maximum atomic E-state index is 12.5. The molecule has 0 aliphatic carbocycles. The molecule has 1 N–H and O–H groups in total. The van der Waals surface area contributed by atoms with E-state index in [1.165, 1.54) is 0 Å². The van der Waals surface area contributed by atoms with E-state index in [-0.39, 0.29) is 17.6 Å². The molecule has 1 aromatic heterocycles. The van der Waals surface area contributed by atoms with Gasteiger partial charge in [-0.25, -0.2) is 0 Å². The number of nitrogens with zero attached hydrogens (tertiary/aromatic N) is 1. The fraction of sp³-hybridized carbons (Fsp3) is 0.368. The zero-order chi connectivity index (χ0) is 16.8. The molecule has 5 heteroatoms. The monoisotopic (exact) mass is 326 g/mol. The third-order valence-electron chi connectivity index (χ3n) is 4.42. The molecule has 126 valence electrons. The standard InChI is InChI=1S/C19H22N2O3/c22-18(20-13-17-7-4-12-24-17)14-21-10-8-16(9-11-21)19(23)15-5-2-1-3-6-15/h1-7,12,16H,8-11,13-14H2,(H,20,22).